The summed E-state index contributed by atoms with van der Waals surface area (Å²) in [6, 6.07) is 0. The average Bonchev–Trinajstić information content (AvgIpc) is 2.60. The summed E-state index contributed by atoms with van der Waals surface area (Å²) < 4.78 is 5.07. The summed E-state index contributed by atoms with van der Waals surface area (Å²) in [5, 5.41) is 21.2. The second kappa shape index (κ2) is 5.82. The van der Waals surface area contributed by atoms with Crippen molar-refractivity contribution in [3.05, 3.63) is 12.2 Å². The zero-order valence-electron chi connectivity index (χ0n) is 8.51. The van der Waals surface area contributed by atoms with Crippen molar-refractivity contribution >= 4 is 11.9 Å². The molecule has 0 aliphatic carbocycles. The summed E-state index contributed by atoms with van der Waals surface area (Å²) in [4.78, 5) is 21.2. The molecule has 0 saturated carbocycles. The van der Waals surface area contributed by atoms with E-state index in [1.807, 2.05) is 0 Å². The summed E-state index contributed by atoms with van der Waals surface area (Å²) in [6.45, 7) is 0. The molecule has 0 amide bonds. The molecule has 70 valence electrons. The molecule has 2 heterocycles. The van der Waals surface area contributed by atoms with E-state index in [2.05, 4.69) is 0 Å². The predicted molar refractivity (Wildman–Crippen MR) is 34.8 cm³/mol. The third-order valence-corrected chi connectivity index (χ3v) is 2.44. The first-order valence-electron chi connectivity index (χ1n) is 3.87. The Kier molecular flexibility index (Phi) is 6.06. The van der Waals surface area contributed by atoms with E-state index < -0.39 is 36.0 Å². The Labute approximate surface area is 130 Å². The van der Waals surface area contributed by atoms with E-state index in [9.17, 15) is 19.8 Å². The van der Waals surface area contributed by atoms with Gasteiger partial charge in [-0.05, 0) is 0 Å². The molecule has 0 aromatic rings. The molecule has 0 radical (unpaired) electrons. The van der Waals surface area contributed by atoms with Gasteiger partial charge in [0.1, 0.15) is 0 Å². The fourth-order valence-corrected chi connectivity index (χ4v) is 1.87. The van der Waals surface area contributed by atoms with Gasteiger partial charge in [0.15, 0.2) is 0 Å². The van der Waals surface area contributed by atoms with Crippen molar-refractivity contribution in [2.24, 2.45) is 11.8 Å². The predicted octanol–water partition coefficient (Wildman–Crippen LogP) is -8.94. The Morgan fingerprint density at radius 2 is 1.27 bits per heavy atom. The van der Waals surface area contributed by atoms with Crippen LogP contribution in [0.4, 0.5) is 0 Å². The largest absolute Gasteiger partial charge is 1.00 e. The van der Waals surface area contributed by atoms with Crippen molar-refractivity contribution in [2.45, 2.75) is 12.2 Å². The van der Waals surface area contributed by atoms with E-state index in [1.165, 1.54) is 0 Å². The third-order valence-electron chi connectivity index (χ3n) is 2.44. The number of carboxylic acids is 2. The van der Waals surface area contributed by atoms with Crippen molar-refractivity contribution in [1.29, 1.82) is 0 Å². The molecular formula is C8H6Na2O5. The van der Waals surface area contributed by atoms with E-state index in [1.54, 1.807) is 12.2 Å². The van der Waals surface area contributed by atoms with E-state index >= 15 is 0 Å². The minimum atomic E-state index is -1.40. The molecule has 5 nitrogen and oxygen atoms in total. The van der Waals surface area contributed by atoms with Crippen LogP contribution in [0.2, 0.25) is 0 Å². The van der Waals surface area contributed by atoms with E-state index in [0.717, 1.165) is 0 Å². The molecular weight excluding hydrogens is 222 g/mol. The van der Waals surface area contributed by atoms with Crippen LogP contribution in [0.1, 0.15) is 0 Å². The normalized spacial score (nSPS) is 35.5. The van der Waals surface area contributed by atoms with Gasteiger partial charge >= 0.3 is 59.1 Å². The summed E-state index contributed by atoms with van der Waals surface area (Å²) in [7, 11) is 0. The van der Waals surface area contributed by atoms with Gasteiger partial charge in [0.05, 0.1) is 12.2 Å². The van der Waals surface area contributed by atoms with Gasteiger partial charge in [-0.25, -0.2) is 0 Å². The fraction of sp³-hybridized carbons (Fsp3) is 0.500. The molecule has 2 aliphatic rings. The quantitative estimate of drug-likeness (QED) is 0.346. The number of carboxylic acid groups (broad SMARTS) is 2. The topological polar surface area (TPSA) is 89.5 Å². The molecule has 7 heteroatoms. The van der Waals surface area contributed by atoms with Crippen molar-refractivity contribution in [3.63, 3.8) is 0 Å². The average molecular weight is 228 g/mol. The molecule has 0 aromatic heterocycles. The van der Waals surface area contributed by atoms with Crippen LogP contribution in [0.15, 0.2) is 12.2 Å². The summed E-state index contributed by atoms with van der Waals surface area (Å²) >= 11 is 0. The number of hydrogen-bond donors (Lipinski definition) is 0. The van der Waals surface area contributed by atoms with Crippen LogP contribution >= 0.6 is 0 Å². The first-order chi connectivity index (χ1) is 6.11. The van der Waals surface area contributed by atoms with Gasteiger partial charge < -0.3 is 24.5 Å². The number of carbonyl (C=O) groups is 2. The fourth-order valence-electron chi connectivity index (χ4n) is 1.87. The van der Waals surface area contributed by atoms with Crippen LogP contribution in [-0.2, 0) is 14.3 Å². The van der Waals surface area contributed by atoms with Crippen LogP contribution in [0.5, 0.6) is 0 Å². The number of carbonyl (C=O) groups excluding carboxylic acids is 2. The van der Waals surface area contributed by atoms with Crippen molar-refractivity contribution < 1.29 is 83.7 Å². The smallest absolute Gasteiger partial charge is 0.550 e. The monoisotopic (exact) mass is 228 g/mol. The molecule has 0 aromatic carbocycles. The zero-order valence-corrected chi connectivity index (χ0v) is 12.5. The van der Waals surface area contributed by atoms with Crippen molar-refractivity contribution in [2.75, 3.05) is 0 Å². The van der Waals surface area contributed by atoms with Gasteiger partial charge in [0, 0.05) is 23.8 Å². The number of fused-ring (bicyclic) bond motifs is 2. The molecule has 2 bridgehead atoms. The van der Waals surface area contributed by atoms with Gasteiger partial charge in [-0.1, -0.05) is 12.2 Å². The standard InChI is InChI=1S/C8H8O5.2Na/c9-7(10)5-3-1-2-4(13-3)6(5)8(11)12;;/h1-6H,(H,9,10)(H,11,12);;/q;2*+1/p-2/t3-,4+,5-,6-;;/m1../s1. The van der Waals surface area contributed by atoms with Gasteiger partial charge in [0.25, 0.3) is 0 Å². The third kappa shape index (κ3) is 2.66. The molecule has 2 aliphatic heterocycles. The van der Waals surface area contributed by atoms with Gasteiger partial charge in [0.2, 0.25) is 0 Å². The maximum absolute atomic E-state index is 10.6. The Hall–Kier alpha value is 0.640. The van der Waals surface area contributed by atoms with Gasteiger partial charge in [-0.2, -0.15) is 0 Å². The number of hydrogen-bond acceptors (Lipinski definition) is 5. The van der Waals surface area contributed by atoms with Crippen LogP contribution in [0, 0.1) is 11.8 Å². The molecule has 1 fully saturated rings. The van der Waals surface area contributed by atoms with Crippen LogP contribution in [0.3, 0.4) is 0 Å². The van der Waals surface area contributed by atoms with Crippen molar-refractivity contribution in [3.8, 4) is 0 Å². The van der Waals surface area contributed by atoms with Crippen molar-refractivity contribution in [1.82, 2.24) is 0 Å². The van der Waals surface area contributed by atoms with E-state index in [0.29, 0.717) is 0 Å². The first kappa shape index (κ1) is 15.6. The molecule has 1 saturated heterocycles. The number of ether oxygens (including phenoxy) is 1. The zero-order chi connectivity index (χ0) is 9.59. The van der Waals surface area contributed by atoms with E-state index in [-0.39, 0.29) is 59.1 Å². The Morgan fingerprint density at radius 1 is 0.933 bits per heavy atom. The van der Waals surface area contributed by atoms with Crippen LogP contribution < -0.4 is 69.3 Å². The Morgan fingerprint density at radius 3 is 1.53 bits per heavy atom. The maximum Gasteiger partial charge on any atom is 1.00 e. The second-order valence-corrected chi connectivity index (χ2v) is 3.14. The molecule has 0 spiro atoms. The maximum atomic E-state index is 10.6. The van der Waals surface area contributed by atoms with Crippen LogP contribution in [-0.4, -0.2) is 24.1 Å². The minimum absolute atomic E-state index is 0. The molecule has 0 unspecified atom stereocenters. The number of aliphatic carboxylic acids is 2. The first-order valence-corrected chi connectivity index (χ1v) is 3.87. The van der Waals surface area contributed by atoms with Gasteiger partial charge in [-0.3, -0.25) is 0 Å². The molecule has 0 N–H and O–H groups in total. The Balaban J connectivity index is 0.000000980. The van der Waals surface area contributed by atoms with Crippen LogP contribution in [0.25, 0.3) is 0 Å². The number of rotatable bonds is 2. The summed E-state index contributed by atoms with van der Waals surface area (Å²) in [5.41, 5.74) is 0. The summed E-state index contributed by atoms with van der Waals surface area (Å²) in [6.07, 6.45) is 1.76. The minimum Gasteiger partial charge on any atom is -0.550 e. The molecule has 4 atom stereocenters. The van der Waals surface area contributed by atoms with E-state index in [4.69, 9.17) is 4.74 Å². The molecule has 2 rings (SSSR count). The van der Waals surface area contributed by atoms with Gasteiger partial charge in [-0.15, -0.1) is 0 Å². The molecule has 15 heavy (non-hydrogen) atoms. The second-order valence-electron chi connectivity index (χ2n) is 3.14. The SMILES string of the molecule is O=C([O-])[C@H]1[C@H](C(=O)[O-])[C@H]2C=C[C@@H]1O2.[Na+].[Na+]. The Bertz CT molecular complexity index is 275. The summed E-state index contributed by atoms with van der Waals surface area (Å²) in [5.74, 6) is -5.02.